The number of carbonyl (C=O) groups excluding carboxylic acids is 1. The molecule has 0 unspecified atom stereocenters. The van der Waals surface area contributed by atoms with Crippen LogP contribution in [0, 0.1) is 6.92 Å². The zero-order valence-corrected chi connectivity index (χ0v) is 22.1. The van der Waals surface area contributed by atoms with Crippen molar-refractivity contribution in [1.29, 1.82) is 0 Å². The molecule has 1 saturated heterocycles. The summed E-state index contributed by atoms with van der Waals surface area (Å²) >= 11 is 0. The topological polar surface area (TPSA) is 87.0 Å². The van der Waals surface area contributed by atoms with Crippen LogP contribution in [0.1, 0.15) is 17.7 Å². The summed E-state index contributed by atoms with van der Waals surface area (Å²) < 4.78 is 7.28. The molecule has 1 aliphatic rings. The van der Waals surface area contributed by atoms with E-state index in [-0.39, 0.29) is 36.4 Å². The summed E-state index contributed by atoms with van der Waals surface area (Å²) in [4.78, 5) is 20.8. The van der Waals surface area contributed by atoms with Gasteiger partial charge in [0.15, 0.2) is 5.96 Å². The normalized spacial score (nSPS) is 14.5. The summed E-state index contributed by atoms with van der Waals surface area (Å²) in [5, 5.41) is 11.1. The average Bonchev–Trinajstić information content (AvgIpc) is 3.24. The molecular weight excluding hydrogens is 533 g/mol. The van der Waals surface area contributed by atoms with Gasteiger partial charge >= 0.3 is 0 Å². The first-order valence-electron chi connectivity index (χ1n) is 11.2. The zero-order valence-electron chi connectivity index (χ0n) is 19.8. The molecule has 1 amide bonds. The highest BCUT2D eigenvalue weighted by Crippen LogP contribution is 2.15. The highest BCUT2D eigenvalue weighted by Gasteiger charge is 2.11. The Morgan fingerprint density at radius 1 is 1.18 bits per heavy atom. The van der Waals surface area contributed by atoms with E-state index in [0.29, 0.717) is 12.5 Å². The molecule has 33 heavy (non-hydrogen) atoms. The maximum Gasteiger partial charge on any atom is 0.241 e. The van der Waals surface area contributed by atoms with Gasteiger partial charge in [-0.25, -0.2) is 9.67 Å². The predicted octanol–water partition coefficient (Wildman–Crippen LogP) is 1.64. The highest BCUT2D eigenvalue weighted by molar-refractivity contribution is 14.0. The number of likely N-dealkylation sites (N-methyl/N-ethyl adjacent to an activating group) is 1. The number of hydrogen-bond donors (Lipinski definition) is 2. The van der Waals surface area contributed by atoms with Gasteiger partial charge in [0.05, 0.1) is 37.7 Å². The molecule has 0 aliphatic carbocycles. The molecule has 182 valence electrons. The van der Waals surface area contributed by atoms with Crippen LogP contribution in [0.3, 0.4) is 0 Å². The second-order valence-corrected chi connectivity index (χ2v) is 8.07. The van der Waals surface area contributed by atoms with Crippen LogP contribution >= 0.6 is 24.0 Å². The second kappa shape index (κ2) is 14.2. The third kappa shape index (κ3) is 8.94. The van der Waals surface area contributed by atoms with Crippen LogP contribution in [0.15, 0.2) is 41.5 Å². The Morgan fingerprint density at radius 3 is 2.64 bits per heavy atom. The Bertz CT molecular complexity index is 894. The number of halogens is 1. The number of morpholine rings is 1. The predicted molar refractivity (Wildman–Crippen MR) is 141 cm³/mol. The van der Waals surface area contributed by atoms with E-state index in [1.807, 2.05) is 42.1 Å². The van der Waals surface area contributed by atoms with E-state index in [0.717, 1.165) is 62.8 Å². The molecule has 1 fully saturated rings. The number of aryl methyl sites for hydroxylation is 1. The molecule has 10 heteroatoms. The summed E-state index contributed by atoms with van der Waals surface area (Å²) in [7, 11) is 3.50. The molecule has 0 radical (unpaired) electrons. The fourth-order valence-electron chi connectivity index (χ4n) is 3.41. The summed E-state index contributed by atoms with van der Waals surface area (Å²) in [6.45, 7) is 8.03. The summed E-state index contributed by atoms with van der Waals surface area (Å²) in [6, 6.07) is 10.1. The first kappa shape index (κ1) is 27.1. The minimum atomic E-state index is 0. The molecule has 2 aromatic rings. The molecule has 3 rings (SSSR count). The largest absolute Gasteiger partial charge is 0.379 e. The van der Waals surface area contributed by atoms with Gasteiger partial charge in [0.1, 0.15) is 0 Å². The van der Waals surface area contributed by atoms with Gasteiger partial charge < -0.3 is 20.3 Å². The average molecular weight is 569 g/mol. The SMILES string of the molecule is Cc1ccn(-c2ccccc2CN=C(NCCCN2CCOCC2)NCC(=O)N(C)C)n1.I. The number of ether oxygens (including phenoxy) is 1. The third-order valence-electron chi connectivity index (χ3n) is 5.32. The molecule has 1 aromatic carbocycles. The van der Waals surface area contributed by atoms with Crippen LogP contribution in [-0.4, -0.2) is 91.5 Å². The van der Waals surface area contributed by atoms with Gasteiger partial charge in [-0.15, -0.1) is 24.0 Å². The number of nitrogens with one attached hydrogen (secondary N) is 2. The van der Waals surface area contributed by atoms with Crippen LogP contribution in [0.5, 0.6) is 0 Å². The lowest BCUT2D eigenvalue weighted by molar-refractivity contribution is -0.127. The lowest BCUT2D eigenvalue weighted by Gasteiger charge is -2.26. The first-order valence-corrected chi connectivity index (χ1v) is 11.2. The van der Waals surface area contributed by atoms with Crippen LogP contribution in [0.4, 0.5) is 0 Å². The van der Waals surface area contributed by atoms with Gasteiger partial charge in [0.2, 0.25) is 5.91 Å². The van der Waals surface area contributed by atoms with E-state index in [4.69, 9.17) is 9.73 Å². The van der Waals surface area contributed by atoms with E-state index < -0.39 is 0 Å². The van der Waals surface area contributed by atoms with Gasteiger partial charge in [-0.1, -0.05) is 18.2 Å². The molecule has 1 aliphatic heterocycles. The lowest BCUT2D eigenvalue weighted by atomic mass is 10.2. The van der Waals surface area contributed by atoms with E-state index >= 15 is 0 Å². The van der Waals surface area contributed by atoms with Crippen molar-refractivity contribution in [3.63, 3.8) is 0 Å². The fourth-order valence-corrected chi connectivity index (χ4v) is 3.41. The Balaban J connectivity index is 0.00000385. The number of aromatic nitrogens is 2. The maximum absolute atomic E-state index is 12.0. The van der Waals surface area contributed by atoms with Crippen molar-refractivity contribution < 1.29 is 9.53 Å². The zero-order chi connectivity index (χ0) is 22.8. The van der Waals surface area contributed by atoms with Crippen molar-refractivity contribution in [2.24, 2.45) is 4.99 Å². The van der Waals surface area contributed by atoms with E-state index in [9.17, 15) is 4.79 Å². The second-order valence-electron chi connectivity index (χ2n) is 8.07. The van der Waals surface area contributed by atoms with Crippen molar-refractivity contribution >= 4 is 35.8 Å². The minimum Gasteiger partial charge on any atom is -0.379 e. The first-order chi connectivity index (χ1) is 15.5. The van der Waals surface area contributed by atoms with Crippen LogP contribution < -0.4 is 10.6 Å². The van der Waals surface area contributed by atoms with E-state index in [2.05, 4.69) is 26.7 Å². The van der Waals surface area contributed by atoms with Gasteiger partial charge in [-0.05, 0) is 37.6 Å². The fraction of sp³-hybridized carbons (Fsp3) is 0.522. The van der Waals surface area contributed by atoms with Gasteiger partial charge in [-0.3, -0.25) is 9.69 Å². The van der Waals surface area contributed by atoms with Crippen LogP contribution in [0.2, 0.25) is 0 Å². The standard InChI is InChI=1S/C23H35N7O2.HI/c1-19-9-12-30(27-19)21-8-5-4-7-20(21)17-25-23(26-18-22(31)28(2)3)24-10-6-11-29-13-15-32-16-14-29;/h4-5,7-9,12H,6,10-11,13-18H2,1-3H3,(H2,24,25,26);1H. The Morgan fingerprint density at radius 2 is 1.94 bits per heavy atom. The van der Waals surface area contributed by atoms with Crippen LogP contribution in [-0.2, 0) is 16.1 Å². The Kier molecular flexibility index (Phi) is 11.6. The smallest absolute Gasteiger partial charge is 0.241 e. The quantitative estimate of drug-likeness (QED) is 0.207. The third-order valence-corrected chi connectivity index (χ3v) is 5.32. The molecule has 0 atom stereocenters. The number of hydrogen-bond acceptors (Lipinski definition) is 5. The van der Waals surface area contributed by atoms with E-state index in [1.165, 1.54) is 0 Å². The van der Waals surface area contributed by atoms with Crippen LogP contribution in [0.25, 0.3) is 5.69 Å². The summed E-state index contributed by atoms with van der Waals surface area (Å²) in [5.74, 6) is 0.633. The number of guanidine groups is 1. The van der Waals surface area contributed by atoms with E-state index in [1.54, 1.807) is 19.0 Å². The van der Waals surface area contributed by atoms with Gasteiger partial charge in [-0.2, -0.15) is 5.10 Å². The summed E-state index contributed by atoms with van der Waals surface area (Å²) in [5.41, 5.74) is 3.03. The number of benzene rings is 1. The Hall–Kier alpha value is -2.18. The summed E-state index contributed by atoms with van der Waals surface area (Å²) in [6.07, 6.45) is 2.95. The molecule has 2 N–H and O–H groups in total. The number of nitrogens with zero attached hydrogens (tertiary/aromatic N) is 5. The van der Waals surface area contributed by atoms with Crippen molar-refractivity contribution in [3.05, 3.63) is 47.8 Å². The Labute approximate surface area is 213 Å². The maximum atomic E-state index is 12.0. The monoisotopic (exact) mass is 569 g/mol. The number of carbonyl (C=O) groups is 1. The molecule has 0 bridgehead atoms. The number of rotatable bonds is 9. The minimum absolute atomic E-state index is 0. The van der Waals surface area contributed by atoms with Gasteiger partial charge in [0, 0.05) is 39.9 Å². The number of amides is 1. The molecule has 1 aromatic heterocycles. The van der Waals surface area contributed by atoms with Crippen molar-refractivity contribution in [1.82, 2.24) is 30.2 Å². The molecule has 9 nitrogen and oxygen atoms in total. The molecule has 0 spiro atoms. The molecule has 2 heterocycles. The molecule has 0 saturated carbocycles. The number of para-hydroxylation sites is 1. The van der Waals surface area contributed by atoms with Crippen molar-refractivity contribution in [2.75, 3.05) is 60.0 Å². The lowest BCUT2D eigenvalue weighted by Crippen LogP contribution is -2.44. The van der Waals surface area contributed by atoms with Crippen molar-refractivity contribution in [2.45, 2.75) is 19.9 Å². The highest BCUT2D eigenvalue weighted by atomic mass is 127. The number of aliphatic imine (C=N–C) groups is 1. The van der Waals surface area contributed by atoms with Crippen molar-refractivity contribution in [3.8, 4) is 5.69 Å². The van der Waals surface area contributed by atoms with Gasteiger partial charge in [0.25, 0.3) is 0 Å². The molecular formula is C23H36IN7O2.